The number of thioether (sulfide) groups is 1. The molecule has 0 bridgehead atoms. The fourth-order valence-corrected chi connectivity index (χ4v) is 2.78. The van der Waals surface area contributed by atoms with Crippen LogP contribution in [0, 0.1) is 0 Å². The van der Waals surface area contributed by atoms with E-state index >= 15 is 0 Å². The number of carbonyl (C=O) groups excluding carboxylic acids is 3. The van der Waals surface area contributed by atoms with Gasteiger partial charge in [-0.2, -0.15) is 0 Å². The van der Waals surface area contributed by atoms with Gasteiger partial charge < -0.3 is 9.15 Å². The molecule has 1 fully saturated rings. The van der Waals surface area contributed by atoms with Crippen molar-refractivity contribution in [1.82, 2.24) is 5.32 Å². The molecule has 1 aromatic carbocycles. The van der Waals surface area contributed by atoms with Gasteiger partial charge in [-0.3, -0.25) is 14.9 Å². The van der Waals surface area contributed by atoms with Crippen LogP contribution in [0.5, 0.6) is 0 Å². The van der Waals surface area contributed by atoms with Gasteiger partial charge >= 0.3 is 5.97 Å². The molecule has 0 radical (unpaired) electrons. The van der Waals surface area contributed by atoms with E-state index in [9.17, 15) is 14.4 Å². The molecular formula is C17H13NO5S. The summed E-state index contributed by atoms with van der Waals surface area (Å²) < 4.78 is 10.6. The Labute approximate surface area is 141 Å². The monoisotopic (exact) mass is 343 g/mol. The quantitative estimate of drug-likeness (QED) is 0.676. The van der Waals surface area contributed by atoms with Crippen molar-refractivity contribution >= 4 is 35.0 Å². The highest BCUT2D eigenvalue weighted by Gasteiger charge is 2.25. The van der Waals surface area contributed by atoms with Crippen LogP contribution in [-0.4, -0.2) is 23.7 Å². The largest absolute Gasteiger partial charge is 0.462 e. The van der Waals surface area contributed by atoms with E-state index in [4.69, 9.17) is 9.15 Å². The smallest absolute Gasteiger partial charge is 0.338 e. The SMILES string of the molecule is CCOC(=O)c1ccc(-c2ccc(/C=C3/SC(=O)NC3=O)o2)cc1. The molecule has 1 aromatic heterocycles. The molecule has 2 aromatic rings. The van der Waals surface area contributed by atoms with Gasteiger partial charge in [0.2, 0.25) is 0 Å². The summed E-state index contributed by atoms with van der Waals surface area (Å²) in [6.45, 7) is 2.08. The number of amides is 2. The number of nitrogens with one attached hydrogen (secondary N) is 1. The molecular weight excluding hydrogens is 330 g/mol. The molecule has 0 atom stereocenters. The summed E-state index contributed by atoms with van der Waals surface area (Å²) in [5.41, 5.74) is 1.25. The van der Waals surface area contributed by atoms with Crippen LogP contribution < -0.4 is 5.32 Å². The average Bonchev–Trinajstić information content (AvgIpc) is 3.15. The first-order valence-corrected chi connectivity index (χ1v) is 8.00. The number of benzene rings is 1. The molecule has 122 valence electrons. The first-order valence-electron chi connectivity index (χ1n) is 7.19. The van der Waals surface area contributed by atoms with Gasteiger partial charge in [0.1, 0.15) is 11.5 Å². The Morgan fingerprint density at radius 2 is 1.96 bits per heavy atom. The van der Waals surface area contributed by atoms with Gasteiger partial charge in [0, 0.05) is 11.6 Å². The Kier molecular flexibility index (Phi) is 4.52. The molecule has 0 spiro atoms. The number of hydrogen-bond donors (Lipinski definition) is 1. The summed E-state index contributed by atoms with van der Waals surface area (Å²) in [7, 11) is 0. The molecule has 1 aliphatic rings. The Balaban J connectivity index is 1.78. The second kappa shape index (κ2) is 6.76. The molecule has 2 heterocycles. The van der Waals surface area contributed by atoms with Crippen molar-refractivity contribution in [2.45, 2.75) is 6.92 Å². The molecule has 7 heteroatoms. The van der Waals surface area contributed by atoms with Crippen LogP contribution in [0.2, 0.25) is 0 Å². The zero-order valence-corrected chi connectivity index (χ0v) is 13.5. The molecule has 1 saturated heterocycles. The molecule has 0 unspecified atom stereocenters. The van der Waals surface area contributed by atoms with Crippen molar-refractivity contribution in [2.24, 2.45) is 0 Å². The molecule has 1 N–H and O–H groups in total. The summed E-state index contributed by atoms with van der Waals surface area (Å²) >= 11 is 0.833. The lowest BCUT2D eigenvalue weighted by Gasteiger charge is -2.02. The molecule has 24 heavy (non-hydrogen) atoms. The van der Waals surface area contributed by atoms with E-state index in [1.54, 1.807) is 43.3 Å². The number of carbonyl (C=O) groups is 3. The number of furan rings is 1. The van der Waals surface area contributed by atoms with Gasteiger partial charge in [0.25, 0.3) is 11.1 Å². The highest BCUT2D eigenvalue weighted by atomic mass is 32.2. The van der Waals surface area contributed by atoms with Gasteiger partial charge in [-0.25, -0.2) is 4.79 Å². The fourth-order valence-electron chi connectivity index (χ4n) is 2.12. The maximum Gasteiger partial charge on any atom is 0.338 e. The lowest BCUT2D eigenvalue weighted by molar-refractivity contribution is -0.115. The minimum absolute atomic E-state index is 0.290. The summed E-state index contributed by atoms with van der Waals surface area (Å²) in [6, 6.07) is 10.3. The predicted octanol–water partition coefficient (Wildman–Crippen LogP) is 3.45. The van der Waals surface area contributed by atoms with Crippen molar-refractivity contribution in [3.63, 3.8) is 0 Å². The maximum absolute atomic E-state index is 11.6. The molecule has 0 aliphatic carbocycles. The van der Waals surface area contributed by atoms with Gasteiger partial charge in [0.05, 0.1) is 17.1 Å². The molecule has 0 saturated carbocycles. The van der Waals surface area contributed by atoms with Crippen LogP contribution in [0.3, 0.4) is 0 Å². The van der Waals surface area contributed by atoms with Gasteiger partial charge in [-0.15, -0.1) is 0 Å². The molecule has 3 rings (SSSR count). The summed E-state index contributed by atoms with van der Waals surface area (Å²) in [5, 5.41) is 1.79. The summed E-state index contributed by atoms with van der Waals surface area (Å²) in [4.78, 5) is 34.6. The Morgan fingerprint density at radius 1 is 1.21 bits per heavy atom. The highest BCUT2D eigenvalue weighted by molar-refractivity contribution is 8.18. The minimum Gasteiger partial charge on any atom is -0.462 e. The van der Waals surface area contributed by atoms with Crippen LogP contribution in [0.1, 0.15) is 23.0 Å². The van der Waals surface area contributed by atoms with Crippen LogP contribution in [0.4, 0.5) is 4.79 Å². The van der Waals surface area contributed by atoms with E-state index in [1.165, 1.54) is 6.08 Å². The first-order chi connectivity index (χ1) is 11.6. The van der Waals surface area contributed by atoms with Crippen LogP contribution >= 0.6 is 11.8 Å². The Hall–Kier alpha value is -2.80. The van der Waals surface area contributed by atoms with E-state index < -0.39 is 11.1 Å². The summed E-state index contributed by atoms with van der Waals surface area (Å²) in [6.07, 6.45) is 1.52. The normalized spacial score (nSPS) is 15.6. The third kappa shape index (κ3) is 3.41. The number of hydrogen-bond acceptors (Lipinski definition) is 6. The van der Waals surface area contributed by atoms with Crippen LogP contribution in [0.25, 0.3) is 17.4 Å². The standard InChI is InChI=1S/C17H13NO5S/c1-2-22-16(20)11-5-3-10(4-6-11)13-8-7-12(23-13)9-14-15(19)18-17(21)24-14/h3-9H,2H2,1H3,(H,18,19,21)/b14-9+. The second-order valence-corrected chi connectivity index (χ2v) is 5.87. The minimum atomic E-state index is -0.429. The topological polar surface area (TPSA) is 85.6 Å². The lowest BCUT2D eigenvalue weighted by atomic mass is 10.1. The van der Waals surface area contributed by atoms with Gasteiger partial charge in [-0.05, 0) is 43.0 Å². The van der Waals surface area contributed by atoms with Gasteiger partial charge in [-0.1, -0.05) is 12.1 Å². The van der Waals surface area contributed by atoms with E-state index in [2.05, 4.69) is 5.32 Å². The molecule has 6 nitrogen and oxygen atoms in total. The van der Waals surface area contributed by atoms with Crippen LogP contribution in [-0.2, 0) is 9.53 Å². The van der Waals surface area contributed by atoms with E-state index in [0.29, 0.717) is 28.6 Å². The summed E-state index contributed by atoms with van der Waals surface area (Å²) in [5.74, 6) is 0.253. The Bertz CT molecular complexity index is 835. The third-order valence-electron chi connectivity index (χ3n) is 3.22. The van der Waals surface area contributed by atoms with Crippen molar-refractivity contribution in [1.29, 1.82) is 0 Å². The maximum atomic E-state index is 11.6. The van der Waals surface area contributed by atoms with Crippen molar-refractivity contribution in [3.05, 3.63) is 52.6 Å². The zero-order valence-electron chi connectivity index (χ0n) is 12.7. The average molecular weight is 343 g/mol. The number of ether oxygens (including phenoxy) is 1. The highest BCUT2D eigenvalue weighted by Crippen LogP contribution is 2.28. The number of imide groups is 1. The van der Waals surface area contributed by atoms with Crippen molar-refractivity contribution < 1.29 is 23.5 Å². The Morgan fingerprint density at radius 3 is 2.58 bits per heavy atom. The van der Waals surface area contributed by atoms with Gasteiger partial charge in [0.15, 0.2) is 0 Å². The second-order valence-electron chi connectivity index (χ2n) is 4.85. The van der Waals surface area contributed by atoms with Crippen molar-refractivity contribution in [2.75, 3.05) is 6.61 Å². The van der Waals surface area contributed by atoms with E-state index in [0.717, 1.165) is 17.3 Å². The third-order valence-corrected chi connectivity index (χ3v) is 4.03. The first kappa shape index (κ1) is 16.1. The van der Waals surface area contributed by atoms with Crippen molar-refractivity contribution in [3.8, 4) is 11.3 Å². The van der Waals surface area contributed by atoms with E-state index in [-0.39, 0.29) is 5.97 Å². The number of rotatable bonds is 4. The fraction of sp³-hybridized carbons (Fsp3) is 0.118. The number of esters is 1. The predicted molar refractivity (Wildman–Crippen MR) is 89.2 cm³/mol. The van der Waals surface area contributed by atoms with Crippen LogP contribution in [0.15, 0.2) is 45.7 Å². The molecule has 1 aliphatic heterocycles. The molecule has 2 amide bonds. The zero-order chi connectivity index (χ0) is 17.1. The lowest BCUT2D eigenvalue weighted by Crippen LogP contribution is -2.17. The van der Waals surface area contributed by atoms with E-state index in [1.807, 2.05) is 0 Å².